The molecule has 4 nitrogen and oxygen atoms in total. The third-order valence-electron chi connectivity index (χ3n) is 2.79. The number of hydrogen-bond donors (Lipinski definition) is 0. The number of methoxy groups -OCH3 is 1. The molecule has 0 radical (unpaired) electrons. The van der Waals surface area contributed by atoms with E-state index in [9.17, 15) is 18.0 Å². The number of alkyl halides is 3. The molecule has 1 heterocycles. The molecule has 7 heteroatoms. The molecule has 1 rings (SSSR count). The maximum atomic E-state index is 12.6. The minimum absolute atomic E-state index is 0.190. The van der Waals surface area contributed by atoms with Crippen molar-refractivity contribution < 1.29 is 22.7 Å². The molecule has 0 spiro atoms. The lowest BCUT2D eigenvalue weighted by atomic mass is 10.0. The monoisotopic (exact) mass is 278 g/mol. The average Bonchev–Trinajstić information content (AvgIpc) is 2.71. The third kappa shape index (κ3) is 3.34. The van der Waals surface area contributed by atoms with Crippen LogP contribution in [0, 0.1) is 0 Å². The van der Waals surface area contributed by atoms with Crippen LogP contribution in [0.2, 0.25) is 0 Å². The summed E-state index contributed by atoms with van der Waals surface area (Å²) in [6.45, 7) is 4.04. The topological polar surface area (TPSA) is 44.1 Å². The molecule has 0 amide bonds. The second-order valence-electron chi connectivity index (χ2n) is 4.02. The Labute approximate surface area is 109 Å². The van der Waals surface area contributed by atoms with Crippen LogP contribution in [-0.2, 0) is 24.1 Å². The quantitative estimate of drug-likeness (QED) is 0.750. The Hall–Kier alpha value is -1.37. The number of ether oxygens (including phenoxy) is 1. The van der Waals surface area contributed by atoms with Crippen molar-refractivity contribution in [1.29, 1.82) is 0 Å². The number of halogens is 3. The first kappa shape index (κ1) is 15.7. The van der Waals surface area contributed by atoms with Gasteiger partial charge < -0.3 is 4.74 Å². The largest absolute Gasteiger partial charge is 0.455 e. The Bertz CT molecular complexity index is 453. The summed E-state index contributed by atoms with van der Waals surface area (Å²) in [5, 5.41) is 4.09. The standard InChI is InChI=1S/C12H17F3N2O2/c1-4-8-10(11(18)12(13,14)15)9(5-2)17(16-8)6-7-19-3/h4-7H2,1-3H3. The summed E-state index contributed by atoms with van der Waals surface area (Å²) in [5.41, 5.74) is 0.208. The molecule has 19 heavy (non-hydrogen) atoms. The van der Waals surface area contributed by atoms with E-state index < -0.39 is 12.0 Å². The van der Waals surface area contributed by atoms with E-state index in [0.29, 0.717) is 25.3 Å². The van der Waals surface area contributed by atoms with Gasteiger partial charge in [0.05, 0.1) is 24.4 Å². The molecule has 0 fully saturated rings. The van der Waals surface area contributed by atoms with E-state index in [1.165, 1.54) is 11.8 Å². The third-order valence-corrected chi connectivity index (χ3v) is 2.79. The van der Waals surface area contributed by atoms with Crippen molar-refractivity contribution in [2.75, 3.05) is 13.7 Å². The van der Waals surface area contributed by atoms with Gasteiger partial charge in [0, 0.05) is 12.8 Å². The first-order chi connectivity index (χ1) is 8.86. The molecular formula is C12H17F3N2O2. The van der Waals surface area contributed by atoms with Gasteiger partial charge in [0.1, 0.15) is 0 Å². The smallest absolute Gasteiger partial charge is 0.383 e. The Balaban J connectivity index is 3.28. The summed E-state index contributed by atoms with van der Waals surface area (Å²) in [7, 11) is 1.50. The summed E-state index contributed by atoms with van der Waals surface area (Å²) in [6.07, 6.45) is -4.28. The van der Waals surface area contributed by atoms with Crippen LogP contribution in [0.3, 0.4) is 0 Å². The summed E-state index contributed by atoms with van der Waals surface area (Å²) in [4.78, 5) is 11.5. The van der Waals surface area contributed by atoms with Crippen LogP contribution in [0.1, 0.15) is 35.6 Å². The zero-order chi connectivity index (χ0) is 14.6. The number of hydrogen-bond acceptors (Lipinski definition) is 3. The molecule has 1 aromatic heterocycles. The molecule has 0 aliphatic rings. The molecule has 0 N–H and O–H groups in total. The van der Waals surface area contributed by atoms with Gasteiger partial charge >= 0.3 is 6.18 Å². The van der Waals surface area contributed by atoms with Gasteiger partial charge in [0.25, 0.3) is 5.78 Å². The fourth-order valence-electron chi connectivity index (χ4n) is 1.93. The molecular weight excluding hydrogens is 261 g/mol. The van der Waals surface area contributed by atoms with Crippen LogP contribution in [0.5, 0.6) is 0 Å². The molecule has 0 atom stereocenters. The van der Waals surface area contributed by atoms with Gasteiger partial charge in [0.2, 0.25) is 0 Å². The number of carbonyl (C=O) groups is 1. The van der Waals surface area contributed by atoms with E-state index in [4.69, 9.17) is 4.74 Å². The van der Waals surface area contributed by atoms with Gasteiger partial charge in [-0.05, 0) is 12.8 Å². The van der Waals surface area contributed by atoms with Crippen LogP contribution in [0.25, 0.3) is 0 Å². The molecule has 0 saturated carbocycles. The number of carbonyl (C=O) groups excluding carboxylic acids is 1. The molecule has 0 aromatic carbocycles. The number of aryl methyl sites for hydroxylation is 1. The molecule has 0 saturated heterocycles. The fourth-order valence-corrected chi connectivity index (χ4v) is 1.93. The number of aromatic nitrogens is 2. The van der Waals surface area contributed by atoms with Gasteiger partial charge in [-0.15, -0.1) is 0 Å². The summed E-state index contributed by atoms with van der Waals surface area (Å²) >= 11 is 0. The predicted octanol–water partition coefficient (Wildman–Crippen LogP) is 2.40. The van der Waals surface area contributed by atoms with Crippen molar-refractivity contribution in [1.82, 2.24) is 9.78 Å². The van der Waals surface area contributed by atoms with Gasteiger partial charge in [0.15, 0.2) is 0 Å². The van der Waals surface area contributed by atoms with Crippen LogP contribution in [0.15, 0.2) is 0 Å². The summed E-state index contributed by atoms with van der Waals surface area (Å²) in [6, 6.07) is 0. The average molecular weight is 278 g/mol. The van der Waals surface area contributed by atoms with E-state index in [1.807, 2.05) is 0 Å². The zero-order valence-corrected chi connectivity index (χ0v) is 11.2. The maximum Gasteiger partial charge on any atom is 0.455 e. The Morgan fingerprint density at radius 2 is 1.95 bits per heavy atom. The van der Waals surface area contributed by atoms with Gasteiger partial charge in [-0.1, -0.05) is 13.8 Å². The van der Waals surface area contributed by atoms with Crippen molar-refractivity contribution in [2.24, 2.45) is 0 Å². The molecule has 0 unspecified atom stereocenters. The number of Topliss-reactive ketones (excluding diaryl/α,β-unsaturated/α-hetero) is 1. The van der Waals surface area contributed by atoms with Crippen LogP contribution in [-0.4, -0.2) is 35.5 Å². The SMILES string of the molecule is CCc1nn(CCOC)c(CC)c1C(=O)C(F)(F)F. The van der Waals surface area contributed by atoms with Gasteiger partial charge in [-0.2, -0.15) is 18.3 Å². The maximum absolute atomic E-state index is 12.6. The fraction of sp³-hybridized carbons (Fsp3) is 0.667. The molecule has 0 aliphatic carbocycles. The minimum atomic E-state index is -4.87. The van der Waals surface area contributed by atoms with E-state index in [-0.39, 0.29) is 17.7 Å². The lowest BCUT2D eigenvalue weighted by molar-refractivity contribution is -0.0886. The van der Waals surface area contributed by atoms with Crippen molar-refractivity contribution in [3.63, 3.8) is 0 Å². The minimum Gasteiger partial charge on any atom is -0.383 e. The Kier molecular flexibility index (Phi) is 5.11. The molecule has 0 aliphatic heterocycles. The van der Waals surface area contributed by atoms with Crippen LogP contribution < -0.4 is 0 Å². The first-order valence-electron chi connectivity index (χ1n) is 6.05. The molecule has 1 aromatic rings. The highest BCUT2D eigenvalue weighted by molar-refractivity contribution is 6.02. The van der Waals surface area contributed by atoms with Crippen LogP contribution in [0.4, 0.5) is 13.2 Å². The summed E-state index contributed by atoms with van der Waals surface area (Å²) < 4.78 is 44.2. The van der Waals surface area contributed by atoms with Crippen molar-refractivity contribution in [2.45, 2.75) is 39.4 Å². The normalized spacial score (nSPS) is 11.9. The van der Waals surface area contributed by atoms with E-state index in [1.54, 1.807) is 13.8 Å². The number of ketones is 1. The highest BCUT2D eigenvalue weighted by Gasteiger charge is 2.42. The second-order valence-corrected chi connectivity index (χ2v) is 4.02. The predicted molar refractivity (Wildman–Crippen MR) is 63.2 cm³/mol. The van der Waals surface area contributed by atoms with Gasteiger partial charge in [-0.3, -0.25) is 9.48 Å². The Morgan fingerprint density at radius 1 is 1.32 bits per heavy atom. The lowest BCUT2D eigenvalue weighted by Gasteiger charge is -2.08. The highest BCUT2D eigenvalue weighted by Crippen LogP contribution is 2.26. The van der Waals surface area contributed by atoms with Crippen molar-refractivity contribution >= 4 is 5.78 Å². The van der Waals surface area contributed by atoms with Crippen molar-refractivity contribution in [3.8, 4) is 0 Å². The molecule has 0 bridgehead atoms. The van der Waals surface area contributed by atoms with E-state index in [2.05, 4.69) is 5.10 Å². The van der Waals surface area contributed by atoms with E-state index in [0.717, 1.165) is 0 Å². The Morgan fingerprint density at radius 3 is 2.37 bits per heavy atom. The zero-order valence-electron chi connectivity index (χ0n) is 11.2. The lowest BCUT2D eigenvalue weighted by Crippen LogP contribution is -2.25. The van der Waals surface area contributed by atoms with Gasteiger partial charge in [-0.25, -0.2) is 0 Å². The van der Waals surface area contributed by atoms with E-state index >= 15 is 0 Å². The molecule has 108 valence electrons. The first-order valence-corrected chi connectivity index (χ1v) is 6.05. The number of rotatable bonds is 6. The van der Waals surface area contributed by atoms with Crippen molar-refractivity contribution in [3.05, 3.63) is 17.0 Å². The second kappa shape index (κ2) is 6.18. The summed E-state index contributed by atoms with van der Waals surface area (Å²) in [5.74, 6) is -1.81. The highest BCUT2D eigenvalue weighted by atomic mass is 19.4. The van der Waals surface area contributed by atoms with Crippen LogP contribution >= 0.6 is 0 Å². The number of nitrogens with zero attached hydrogens (tertiary/aromatic N) is 2.